The van der Waals surface area contributed by atoms with E-state index >= 15 is 0 Å². The summed E-state index contributed by atoms with van der Waals surface area (Å²) in [5.74, 6) is 0. The van der Waals surface area contributed by atoms with Crippen LogP contribution in [-0.2, 0) is 4.74 Å². The molecule has 1 saturated heterocycles. The fraction of sp³-hybridized carbons (Fsp3) is 0.571. The molecule has 0 bridgehead atoms. The van der Waals surface area contributed by atoms with Gasteiger partial charge < -0.3 is 9.64 Å². The van der Waals surface area contributed by atoms with Gasteiger partial charge >= 0.3 is 5.69 Å². The zero-order valence-corrected chi connectivity index (χ0v) is 11.9. The van der Waals surface area contributed by atoms with Gasteiger partial charge in [-0.2, -0.15) is 0 Å². The van der Waals surface area contributed by atoms with Gasteiger partial charge in [0.25, 0.3) is 0 Å². The van der Waals surface area contributed by atoms with Gasteiger partial charge in [-0.05, 0) is 25.0 Å². The molecule has 108 valence electrons. The van der Waals surface area contributed by atoms with Crippen LogP contribution in [0, 0.1) is 10.1 Å². The molecule has 6 heteroatoms. The van der Waals surface area contributed by atoms with Gasteiger partial charge in [0.2, 0.25) is 0 Å². The third-order valence-corrected chi connectivity index (χ3v) is 4.49. The van der Waals surface area contributed by atoms with Crippen LogP contribution in [0.25, 0.3) is 0 Å². The minimum Gasteiger partial charge on any atom is -0.374 e. The lowest BCUT2D eigenvalue weighted by molar-refractivity contribution is -0.384. The molecule has 0 N–H and O–H groups in total. The molecular formula is C14H17ClN2O3. The van der Waals surface area contributed by atoms with Crippen LogP contribution in [-0.4, -0.2) is 30.2 Å². The van der Waals surface area contributed by atoms with Crippen LogP contribution in [0.2, 0.25) is 5.02 Å². The first-order chi connectivity index (χ1) is 9.68. The predicted molar refractivity (Wildman–Crippen MR) is 77.4 cm³/mol. The Kier molecular flexibility index (Phi) is 3.81. The molecule has 1 aliphatic carbocycles. The second-order valence-corrected chi connectivity index (χ2v) is 5.73. The van der Waals surface area contributed by atoms with E-state index in [0.717, 1.165) is 19.3 Å². The van der Waals surface area contributed by atoms with Crippen LogP contribution in [0.1, 0.15) is 25.7 Å². The molecule has 0 radical (unpaired) electrons. The molecule has 1 aliphatic heterocycles. The summed E-state index contributed by atoms with van der Waals surface area (Å²) in [6, 6.07) is 5.37. The molecule has 3 rings (SSSR count). The Morgan fingerprint density at radius 2 is 2.15 bits per heavy atom. The largest absolute Gasteiger partial charge is 0.374 e. The van der Waals surface area contributed by atoms with Crippen LogP contribution in [0.5, 0.6) is 0 Å². The molecule has 5 nitrogen and oxygen atoms in total. The molecule has 1 aromatic rings. The fourth-order valence-corrected chi connectivity index (χ4v) is 3.55. The maximum absolute atomic E-state index is 11.3. The third-order valence-electron chi connectivity index (χ3n) is 4.19. The summed E-state index contributed by atoms with van der Waals surface area (Å²) in [6.07, 6.45) is 4.57. The van der Waals surface area contributed by atoms with E-state index in [2.05, 4.69) is 4.90 Å². The monoisotopic (exact) mass is 296 g/mol. The van der Waals surface area contributed by atoms with E-state index in [1.165, 1.54) is 6.42 Å². The van der Waals surface area contributed by atoms with E-state index in [1.807, 2.05) is 0 Å². The number of morpholine rings is 1. The summed E-state index contributed by atoms with van der Waals surface area (Å²) in [7, 11) is 0. The van der Waals surface area contributed by atoms with Crippen molar-refractivity contribution >= 4 is 23.0 Å². The number of para-hydroxylation sites is 1. The van der Waals surface area contributed by atoms with Crippen molar-refractivity contribution in [2.45, 2.75) is 37.8 Å². The van der Waals surface area contributed by atoms with E-state index in [-0.39, 0.29) is 27.8 Å². The first-order valence-corrected chi connectivity index (χ1v) is 7.37. The minimum absolute atomic E-state index is 0.0143. The number of hydrogen-bond acceptors (Lipinski definition) is 4. The molecule has 2 aliphatic rings. The molecule has 2 unspecified atom stereocenters. The Hall–Kier alpha value is -1.33. The van der Waals surface area contributed by atoms with E-state index in [1.54, 1.807) is 18.2 Å². The average molecular weight is 297 g/mol. The van der Waals surface area contributed by atoms with Crippen molar-refractivity contribution in [3.63, 3.8) is 0 Å². The molecule has 2 fully saturated rings. The predicted octanol–water partition coefficient (Wildman–Crippen LogP) is 3.40. The van der Waals surface area contributed by atoms with Crippen molar-refractivity contribution in [1.82, 2.24) is 0 Å². The van der Waals surface area contributed by atoms with Crippen molar-refractivity contribution < 1.29 is 9.66 Å². The van der Waals surface area contributed by atoms with Crippen molar-refractivity contribution in [2.75, 3.05) is 18.1 Å². The number of ether oxygens (including phenoxy) is 1. The maximum Gasteiger partial charge on any atom is 0.310 e. The Labute approximate surface area is 122 Å². The van der Waals surface area contributed by atoms with Gasteiger partial charge in [-0.15, -0.1) is 0 Å². The second-order valence-electron chi connectivity index (χ2n) is 5.32. The first kappa shape index (κ1) is 13.6. The van der Waals surface area contributed by atoms with E-state index in [0.29, 0.717) is 18.8 Å². The first-order valence-electron chi connectivity index (χ1n) is 6.99. The molecule has 0 aromatic heterocycles. The average Bonchev–Trinajstić information content (AvgIpc) is 2.46. The number of benzene rings is 1. The highest BCUT2D eigenvalue weighted by molar-refractivity contribution is 6.33. The number of halogens is 1. The van der Waals surface area contributed by atoms with Gasteiger partial charge in [0.05, 0.1) is 23.7 Å². The molecule has 0 amide bonds. The molecule has 2 atom stereocenters. The molecular weight excluding hydrogens is 280 g/mol. The lowest BCUT2D eigenvalue weighted by Crippen LogP contribution is -2.53. The zero-order valence-electron chi connectivity index (χ0n) is 11.1. The third kappa shape index (κ3) is 2.36. The van der Waals surface area contributed by atoms with Crippen molar-refractivity contribution in [1.29, 1.82) is 0 Å². The summed E-state index contributed by atoms with van der Waals surface area (Å²) in [4.78, 5) is 13.0. The summed E-state index contributed by atoms with van der Waals surface area (Å²) < 4.78 is 5.82. The quantitative estimate of drug-likeness (QED) is 0.620. The maximum atomic E-state index is 11.3. The Bertz CT molecular complexity index is 521. The van der Waals surface area contributed by atoms with Crippen LogP contribution >= 0.6 is 11.6 Å². The van der Waals surface area contributed by atoms with Gasteiger partial charge in [0.1, 0.15) is 10.7 Å². The molecule has 1 saturated carbocycles. The lowest BCUT2D eigenvalue weighted by Gasteiger charge is -2.44. The van der Waals surface area contributed by atoms with E-state index in [4.69, 9.17) is 16.3 Å². The smallest absolute Gasteiger partial charge is 0.310 e. The summed E-state index contributed by atoms with van der Waals surface area (Å²) in [5, 5.41) is 11.5. The van der Waals surface area contributed by atoms with Crippen molar-refractivity contribution in [3.05, 3.63) is 33.3 Å². The summed E-state index contributed by atoms with van der Waals surface area (Å²) in [5.41, 5.74) is 0.642. The number of nitro groups is 1. The number of hydrogen-bond donors (Lipinski definition) is 0. The van der Waals surface area contributed by atoms with Gasteiger partial charge in [0, 0.05) is 6.54 Å². The lowest BCUT2D eigenvalue weighted by atomic mass is 9.89. The highest BCUT2D eigenvalue weighted by Crippen LogP contribution is 2.39. The van der Waals surface area contributed by atoms with Gasteiger partial charge in [-0.3, -0.25) is 10.1 Å². The minimum atomic E-state index is -0.384. The van der Waals surface area contributed by atoms with Crippen LogP contribution in [0.15, 0.2) is 18.2 Å². The topological polar surface area (TPSA) is 55.6 Å². The second kappa shape index (κ2) is 5.58. The summed E-state index contributed by atoms with van der Waals surface area (Å²) >= 11 is 6.02. The molecule has 0 spiro atoms. The fourth-order valence-electron chi connectivity index (χ4n) is 3.31. The van der Waals surface area contributed by atoms with Crippen LogP contribution in [0.4, 0.5) is 11.4 Å². The van der Waals surface area contributed by atoms with Gasteiger partial charge in [-0.1, -0.05) is 30.5 Å². The van der Waals surface area contributed by atoms with Crippen molar-refractivity contribution in [2.24, 2.45) is 0 Å². The van der Waals surface area contributed by atoms with Gasteiger partial charge in [0.15, 0.2) is 0 Å². The SMILES string of the molecule is O=[N+]([O-])c1c(Cl)cccc1N1CCOC2CCCCC21. The highest BCUT2D eigenvalue weighted by Gasteiger charge is 2.37. The highest BCUT2D eigenvalue weighted by atomic mass is 35.5. The van der Waals surface area contributed by atoms with E-state index in [9.17, 15) is 10.1 Å². The number of nitrogens with zero attached hydrogens (tertiary/aromatic N) is 2. The number of rotatable bonds is 2. The number of anilines is 1. The molecule has 20 heavy (non-hydrogen) atoms. The van der Waals surface area contributed by atoms with E-state index < -0.39 is 0 Å². The van der Waals surface area contributed by atoms with Crippen molar-refractivity contribution in [3.8, 4) is 0 Å². The molecule has 1 heterocycles. The Morgan fingerprint density at radius 3 is 2.95 bits per heavy atom. The van der Waals surface area contributed by atoms with Crippen LogP contribution in [0.3, 0.4) is 0 Å². The number of nitro benzene ring substituents is 1. The zero-order chi connectivity index (χ0) is 14.1. The Balaban J connectivity index is 1.99. The number of fused-ring (bicyclic) bond motifs is 1. The standard InChI is InChI=1S/C14H17ClN2O3/c15-10-4-3-6-12(14(10)17(18)19)16-8-9-20-13-7-2-1-5-11(13)16/h3-4,6,11,13H,1-2,5,7-9H2. The molecule has 1 aromatic carbocycles. The summed E-state index contributed by atoms with van der Waals surface area (Å²) in [6.45, 7) is 1.30. The normalized spacial score (nSPS) is 26.1. The van der Waals surface area contributed by atoms with Crippen LogP contribution < -0.4 is 4.90 Å². The van der Waals surface area contributed by atoms with Gasteiger partial charge in [-0.25, -0.2) is 0 Å². The Morgan fingerprint density at radius 1 is 1.35 bits per heavy atom.